The highest BCUT2D eigenvalue weighted by Gasteiger charge is 2.28. The number of pyridine rings is 1. The molecule has 3 heterocycles. The molecule has 2 fully saturated rings. The Morgan fingerprint density at radius 1 is 1.06 bits per heavy atom. The second-order valence-electron chi connectivity index (χ2n) is 9.51. The number of rotatable bonds is 5. The molecule has 1 amide bonds. The van der Waals surface area contributed by atoms with Gasteiger partial charge in [0.25, 0.3) is 15.9 Å². The van der Waals surface area contributed by atoms with Crippen LogP contribution in [0.1, 0.15) is 53.2 Å². The Hall–Kier alpha value is -2.65. The highest BCUT2D eigenvalue weighted by atomic mass is 32.2. The predicted molar refractivity (Wildman–Crippen MR) is 135 cm³/mol. The van der Waals surface area contributed by atoms with Crippen LogP contribution in [-0.2, 0) is 10.0 Å². The van der Waals surface area contributed by atoms with Gasteiger partial charge in [-0.25, -0.2) is 13.4 Å². The summed E-state index contributed by atoms with van der Waals surface area (Å²) in [4.78, 5) is 22.1. The zero-order chi connectivity index (χ0) is 24.5. The first-order valence-corrected chi connectivity index (χ1v) is 13.5. The van der Waals surface area contributed by atoms with Crippen molar-refractivity contribution in [3.8, 4) is 0 Å². The van der Waals surface area contributed by atoms with E-state index in [2.05, 4.69) is 26.8 Å². The first kappa shape index (κ1) is 24.5. The van der Waals surface area contributed by atoms with E-state index in [4.69, 9.17) is 0 Å². The van der Waals surface area contributed by atoms with Gasteiger partial charge in [-0.1, -0.05) is 17.7 Å². The monoisotopic (exact) mass is 485 g/mol. The van der Waals surface area contributed by atoms with E-state index in [1.807, 2.05) is 37.8 Å². The van der Waals surface area contributed by atoms with E-state index in [1.54, 1.807) is 12.3 Å². The normalized spacial score (nSPS) is 19.2. The first-order chi connectivity index (χ1) is 16.2. The Labute approximate surface area is 202 Å². The molecule has 0 aliphatic carbocycles. The molecule has 34 heavy (non-hydrogen) atoms. The Bertz CT molecular complexity index is 1150. The van der Waals surface area contributed by atoms with Crippen LogP contribution in [-0.4, -0.2) is 63.0 Å². The molecular formula is C25H35N5O3S. The quantitative estimate of drug-likeness (QED) is 0.675. The van der Waals surface area contributed by atoms with Crippen molar-refractivity contribution in [2.45, 2.75) is 57.9 Å². The van der Waals surface area contributed by atoms with Gasteiger partial charge < -0.3 is 15.1 Å². The molecule has 4 rings (SSSR count). The Balaban J connectivity index is 1.74. The van der Waals surface area contributed by atoms with E-state index in [1.165, 1.54) is 0 Å². The number of carbonyl (C=O) groups excluding carboxylic acids is 1. The summed E-state index contributed by atoms with van der Waals surface area (Å²) in [5, 5.41) is 3.31. The summed E-state index contributed by atoms with van der Waals surface area (Å²) in [6.07, 6.45) is 4.66. The molecule has 0 spiro atoms. The van der Waals surface area contributed by atoms with Gasteiger partial charge in [0.2, 0.25) is 0 Å². The molecule has 1 aromatic heterocycles. The van der Waals surface area contributed by atoms with Crippen LogP contribution in [0.5, 0.6) is 0 Å². The van der Waals surface area contributed by atoms with Crippen LogP contribution in [0.25, 0.3) is 0 Å². The summed E-state index contributed by atoms with van der Waals surface area (Å²) in [6.45, 7) is 11.3. The Morgan fingerprint density at radius 2 is 1.74 bits per heavy atom. The van der Waals surface area contributed by atoms with E-state index in [0.717, 1.165) is 37.9 Å². The minimum Gasteiger partial charge on any atom is -0.352 e. The number of carbonyl (C=O) groups is 1. The van der Waals surface area contributed by atoms with E-state index in [9.17, 15) is 13.2 Å². The highest BCUT2D eigenvalue weighted by molar-refractivity contribution is 7.92. The number of anilines is 2. The highest BCUT2D eigenvalue weighted by Crippen LogP contribution is 2.31. The molecule has 0 radical (unpaired) electrons. The van der Waals surface area contributed by atoms with Crippen LogP contribution < -0.4 is 14.9 Å². The molecular weight excluding hydrogens is 450 g/mol. The Morgan fingerprint density at radius 3 is 2.38 bits per heavy atom. The topological polar surface area (TPSA) is 94.6 Å². The number of nitrogens with one attached hydrogen (secondary N) is 2. The minimum absolute atomic E-state index is 0.102. The van der Waals surface area contributed by atoms with Gasteiger partial charge in [-0.05, 0) is 64.2 Å². The molecule has 1 aromatic carbocycles. The van der Waals surface area contributed by atoms with Crippen molar-refractivity contribution in [3.05, 3.63) is 46.6 Å². The second-order valence-corrected chi connectivity index (χ2v) is 11.1. The lowest BCUT2D eigenvalue weighted by Crippen LogP contribution is -2.44. The number of sulfonamides is 1. The molecule has 0 bridgehead atoms. The van der Waals surface area contributed by atoms with Crippen molar-refractivity contribution >= 4 is 27.4 Å². The van der Waals surface area contributed by atoms with Crippen LogP contribution in [0, 0.1) is 20.8 Å². The molecule has 2 saturated heterocycles. The molecule has 2 N–H and O–H groups in total. The van der Waals surface area contributed by atoms with Crippen molar-refractivity contribution in [1.29, 1.82) is 0 Å². The fourth-order valence-electron chi connectivity index (χ4n) is 5.13. The number of benzene rings is 1. The maximum Gasteiger partial charge on any atom is 0.262 e. The smallest absolute Gasteiger partial charge is 0.262 e. The van der Waals surface area contributed by atoms with Gasteiger partial charge in [-0.15, -0.1) is 0 Å². The van der Waals surface area contributed by atoms with E-state index in [0.29, 0.717) is 47.8 Å². The zero-order valence-electron chi connectivity index (χ0n) is 20.5. The standard InChI is InChI=1S/C25H35N5O3S/c1-17-13-18(2)23(19(3)14-17)34(32,33)28-22-15-21(25(31)30-10-6-5-7-20(30)4)16-27-24(22)29-11-8-26-9-12-29/h13-16,20,26,28H,5-12H2,1-4H3. The molecule has 1 unspecified atom stereocenters. The fraction of sp³-hybridized carbons (Fsp3) is 0.520. The van der Waals surface area contributed by atoms with E-state index >= 15 is 0 Å². The van der Waals surface area contributed by atoms with Gasteiger partial charge in [-0.3, -0.25) is 9.52 Å². The van der Waals surface area contributed by atoms with Gasteiger partial charge in [0, 0.05) is 45.0 Å². The molecule has 0 saturated carbocycles. The van der Waals surface area contributed by atoms with Crippen molar-refractivity contribution < 1.29 is 13.2 Å². The number of hydrogen-bond acceptors (Lipinski definition) is 6. The third-order valence-electron chi connectivity index (χ3n) is 6.71. The number of aryl methyl sites for hydroxylation is 3. The van der Waals surface area contributed by atoms with Gasteiger partial charge in [0.1, 0.15) is 0 Å². The summed E-state index contributed by atoms with van der Waals surface area (Å²) in [6, 6.07) is 5.56. The van der Waals surface area contributed by atoms with Crippen molar-refractivity contribution in [3.63, 3.8) is 0 Å². The number of hydrogen-bond donors (Lipinski definition) is 2. The first-order valence-electron chi connectivity index (χ1n) is 12.0. The lowest BCUT2D eigenvalue weighted by Gasteiger charge is -2.34. The lowest BCUT2D eigenvalue weighted by atomic mass is 10.0. The lowest BCUT2D eigenvalue weighted by molar-refractivity contribution is 0.0635. The number of aromatic nitrogens is 1. The fourth-order valence-corrected chi connectivity index (χ4v) is 6.64. The summed E-state index contributed by atoms with van der Waals surface area (Å²) < 4.78 is 29.9. The summed E-state index contributed by atoms with van der Waals surface area (Å²) in [5.74, 6) is 0.449. The maximum absolute atomic E-state index is 13.6. The average molecular weight is 486 g/mol. The van der Waals surface area contributed by atoms with Crippen LogP contribution in [0.2, 0.25) is 0 Å². The molecule has 2 aliphatic heterocycles. The molecule has 9 heteroatoms. The zero-order valence-corrected chi connectivity index (χ0v) is 21.3. The number of piperazine rings is 1. The second kappa shape index (κ2) is 9.92. The van der Waals surface area contributed by atoms with Crippen molar-refractivity contribution in [1.82, 2.24) is 15.2 Å². The summed E-state index contributed by atoms with van der Waals surface area (Å²) in [7, 11) is -3.89. The van der Waals surface area contributed by atoms with E-state index < -0.39 is 10.0 Å². The molecule has 2 aliphatic rings. The predicted octanol–water partition coefficient (Wildman–Crippen LogP) is 3.23. The number of piperidine rings is 1. The third kappa shape index (κ3) is 5.05. The number of amides is 1. The number of nitrogens with zero attached hydrogens (tertiary/aromatic N) is 3. The van der Waals surface area contributed by atoms with Gasteiger partial charge in [-0.2, -0.15) is 0 Å². The van der Waals surface area contributed by atoms with Gasteiger partial charge >= 0.3 is 0 Å². The molecule has 8 nitrogen and oxygen atoms in total. The average Bonchev–Trinajstić information content (AvgIpc) is 2.78. The van der Waals surface area contributed by atoms with Gasteiger partial charge in [0.15, 0.2) is 5.82 Å². The van der Waals surface area contributed by atoms with E-state index in [-0.39, 0.29) is 16.8 Å². The van der Waals surface area contributed by atoms with Gasteiger partial charge in [0.05, 0.1) is 16.1 Å². The third-order valence-corrected chi connectivity index (χ3v) is 8.38. The molecule has 1 atom stereocenters. The largest absolute Gasteiger partial charge is 0.352 e. The SMILES string of the molecule is Cc1cc(C)c(S(=O)(=O)Nc2cc(C(=O)N3CCCCC3C)cnc2N2CCNCC2)c(C)c1. The van der Waals surface area contributed by atoms with Crippen molar-refractivity contribution in [2.24, 2.45) is 0 Å². The van der Waals surface area contributed by atoms with Crippen molar-refractivity contribution in [2.75, 3.05) is 42.3 Å². The van der Waals surface area contributed by atoms with Crippen LogP contribution in [0.4, 0.5) is 11.5 Å². The van der Waals surface area contributed by atoms with Crippen LogP contribution in [0.3, 0.4) is 0 Å². The molecule has 2 aromatic rings. The number of likely N-dealkylation sites (tertiary alicyclic amines) is 1. The van der Waals surface area contributed by atoms with Crippen LogP contribution in [0.15, 0.2) is 29.3 Å². The Kier molecular flexibility index (Phi) is 7.14. The van der Waals surface area contributed by atoms with Crippen LogP contribution >= 0.6 is 0 Å². The summed E-state index contributed by atoms with van der Waals surface area (Å²) >= 11 is 0. The molecule has 184 valence electrons. The minimum atomic E-state index is -3.89. The maximum atomic E-state index is 13.6. The summed E-state index contributed by atoms with van der Waals surface area (Å²) in [5.41, 5.74) is 3.15.